The lowest BCUT2D eigenvalue weighted by Gasteiger charge is -2.10. The number of ether oxygens (including phenoxy) is 1. The fourth-order valence-electron chi connectivity index (χ4n) is 1.80. The number of nitrogens with one attached hydrogen (secondary N) is 1. The highest BCUT2D eigenvalue weighted by Gasteiger charge is 2.04. The van der Waals surface area contributed by atoms with Crippen molar-refractivity contribution >= 4 is 17.2 Å². The van der Waals surface area contributed by atoms with Crippen LogP contribution in [0, 0.1) is 13.8 Å². The summed E-state index contributed by atoms with van der Waals surface area (Å²) in [6.45, 7) is 5.03. The van der Waals surface area contributed by atoms with Crippen LogP contribution in [-0.2, 0) is 11.3 Å². The van der Waals surface area contributed by atoms with E-state index >= 15 is 0 Å². The van der Waals surface area contributed by atoms with Gasteiger partial charge in [-0.05, 0) is 42.5 Å². The number of hydrogen-bond donors (Lipinski definition) is 1. The summed E-state index contributed by atoms with van der Waals surface area (Å²) in [6, 6.07) is 10.1. The number of thiophene rings is 1. The average Bonchev–Trinajstić information content (AvgIpc) is 2.93. The van der Waals surface area contributed by atoms with Gasteiger partial charge in [0, 0.05) is 4.88 Å². The highest BCUT2D eigenvalue weighted by Crippen LogP contribution is 2.19. The van der Waals surface area contributed by atoms with E-state index in [9.17, 15) is 4.79 Å². The molecule has 0 saturated heterocycles. The van der Waals surface area contributed by atoms with Gasteiger partial charge in [0.2, 0.25) is 5.91 Å². The van der Waals surface area contributed by atoms with Crippen LogP contribution in [-0.4, -0.2) is 12.5 Å². The number of carbonyl (C=O) groups is 1. The number of amides is 1. The van der Waals surface area contributed by atoms with Crippen molar-refractivity contribution in [3.8, 4) is 5.75 Å². The summed E-state index contributed by atoms with van der Waals surface area (Å²) in [6.07, 6.45) is 0.374. The monoisotopic (exact) mass is 289 g/mol. The minimum absolute atomic E-state index is 0.0173. The van der Waals surface area contributed by atoms with E-state index in [1.54, 1.807) is 11.3 Å². The molecule has 0 spiro atoms. The van der Waals surface area contributed by atoms with E-state index in [0.717, 1.165) is 21.8 Å². The Labute approximate surface area is 123 Å². The Morgan fingerprint density at radius 3 is 2.90 bits per heavy atom. The fraction of sp³-hybridized carbons (Fsp3) is 0.312. The van der Waals surface area contributed by atoms with Crippen LogP contribution in [0.2, 0.25) is 0 Å². The zero-order valence-electron chi connectivity index (χ0n) is 11.8. The van der Waals surface area contributed by atoms with Crippen molar-refractivity contribution in [2.24, 2.45) is 0 Å². The second kappa shape index (κ2) is 7.10. The van der Waals surface area contributed by atoms with Gasteiger partial charge < -0.3 is 10.1 Å². The minimum atomic E-state index is 0.0173. The predicted octanol–water partition coefficient (Wildman–Crippen LogP) is 3.45. The Morgan fingerprint density at radius 2 is 2.15 bits per heavy atom. The van der Waals surface area contributed by atoms with Gasteiger partial charge in [0.25, 0.3) is 0 Å². The summed E-state index contributed by atoms with van der Waals surface area (Å²) in [5.74, 6) is 0.875. The lowest BCUT2D eigenvalue weighted by Crippen LogP contribution is -2.24. The molecule has 0 bridgehead atoms. The van der Waals surface area contributed by atoms with E-state index in [-0.39, 0.29) is 5.91 Å². The average molecular weight is 289 g/mol. The number of rotatable bonds is 6. The standard InChI is InChI=1S/C16H19NO2S/c1-12-5-6-13(2)15(10-12)19-8-7-16(18)17-11-14-4-3-9-20-14/h3-6,9-10H,7-8,11H2,1-2H3,(H,17,18). The smallest absolute Gasteiger partial charge is 0.223 e. The number of hydrogen-bond acceptors (Lipinski definition) is 3. The Kier molecular flexibility index (Phi) is 5.18. The molecule has 2 aromatic rings. The maximum Gasteiger partial charge on any atom is 0.223 e. The van der Waals surface area contributed by atoms with Crippen LogP contribution >= 0.6 is 11.3 Å². The van der Waals surface area contributed by atoms with Crippen molar-refractivity contribution in [1.29, 1.82) is 0 Å². The molecule has 0 saturated carbocycles. The van der Waals surface area contributed by atoms with Gasteiger partial charge in [-0.15, -0.1) is 11.3 Å². The van der Waals surface area contributed by atoms with Gasteiger partial charge in [-0.25, -0.2) is 0 Å². The molecule has 2 rings (SSSR count). The summed E-state index contributed by atoms with van der Waals surface area (Å²) >= 11 is 1.64. The minimum Gasteiger partial charge on any atom is -0.493 e. The zero-order chi connectivity index (χ0) is 14.4. The Balaban J connectivity index is 1.72. The number of benzene rings is 1. The zero-order valence-corrected chi connectivity index (χ0v) is 12.6. The molecule has 0 aliphatic rings. The molecular weight excluding hydrogens is 270 g/mol. The highest BCUT2D eigenvalue weighted by atomic mass is 32.1. The largest absolute Gasteiger partial charge is 0.493 e. The first-order chi connectivity index (χ1) is 9.65. The molecule has 3 nitrogen and oxygen atoms in total. The summed E-state index contributed by atoms with van der Waals surface area (Å²) < 4.78 is 5.67. The van der Waals surface area contributed by atoms with E-state index in [2.05, 4.69) is 11.4 Å². The van der Waals surface area contributed by atoms with Crippen LogP contribution in [0.3, 0.4) is 0 Å². The molecule has 0 radical (unpaired) electrons. The Bertz CT molecular complexity index is 564. The van der Waals surface area contributed by atoms with Gasteiger partial charge >= 0.3 is 0 Å². The van der Waals surface area contributed by atoms with Crippen LogP contribution in [0.15, 0.2) is 35.7 Å². The predicted molar refractivity (Wildman–Crippen MR) is 82.2 cm³/mol. The molecule has 0 atom stereocenters. The van der Waals surface area contributed by atoms with Crippen molar-refractivity contribution in [1.82, 2.24) is 5.32 Å². The van der Waals surface area contributed by atoms with Crippen LogP contribution in [0.25, 0.3) is 0 Å². The first-order valence-corrected chi connectivity index (χ1v) is 7.52. The van der Waals surface area contributed by atoms with Crippen molar-refractivity contribution in [3.63, 3.8) is 0 Å². The van der Waals surface area contributed by atoms with Gasteiger partial charge in [-0.1, -0.05) is 18.2 Å². The molecule has 4 heteroatoms. The maximum absolute atomic E-state index is 11.7. The molecule has 106 valence electrons. The summed E-state index contributed by atoms with van der Waals surface area (Å²) in [5, 5.41) is 4.89. The third-order valence-electron chi connectivity index (χ3n) is 2.97. The highest BCUT2D eigenvalue weighted by molar-refractivity contribution is 7.09. The summed E-state index contributed by atoms with van der Waals surface area (Å²) in [5.41, 5.74) is 2.25. The second-order valence-corrected chi connectivity index (χ2v) is 5.76. The molecule has 1 heterocycles. The first-order valence-electron chi connectivity index (χ1n) is 6.64. The third kappa shape index (κ3) is 4.38. The molecule has 0 aliphatic heterocycles. The van der Waals surface area contributed by atoms with Crippen LogP contribution in [0.1, 0.15) is 22.4 Å². The van der Waals surface area contributed by atoms with Crippen molar-refractivity contribution < 1.29 is 9.53 Å². The van der Waals surface area contributed by atoms with Crippen LogP contribution in [0.5, 0.6) is 5.75 Å². The van der Waals surface area contributed by atoms with E-state index in [4.69, 9.17) is 4.74 Å². The maximum atomic E-state index is 11.7. The molecule has 0 aliphatic carbocycles. The normalized spacial score (nSPS) is 10.3. The van der Waals surface area contributed by atoms with E-state index in [1.165, 1.54) is 0 Å². The molecule has 1 amide bonds. The molecule has 1 aromatic carbocycles. The molecule has 0 unspecified atom stereocenters. The van der Waals surface area contributed by atoms with Crippen molar-refractivity contribution in [3.05, 3.63) is 51.7 Å². The fourth-order valence-corrected chi connectivity index (χ4v) is 2.45. The first kappa shape index (κ1) is 14.6. The van der Waals surface area contributed by atoms with Gasteiger partial charge in [-0.3, -0.25) is 4.79 Å². The molecule has 1 aromatic heterocycles. The molecule has 0 fully saturated rings. The Morgan fingerprint density at radius 1 is 1.30 bits per heavy atom. The molecular formula is C16H19NO2S. The van der Waals surface area contributed by atoms with Crippen molar-refractivity contribution in [2.45, 2.75) is 26.8 Å². The molecule has 20 heavy (non-hydrogen) atoms. The quantitative estimate of drug-likeness (QED) is 0.884. The van der Waals surface area contributed by atoms with E-state index < -0.39 is 0 Å². The van der Waals surface area contributed by atoms with Crippen LogP contribution < -0.4 is 10.1 Å². The lowest BCUT2D eigenvalue weighted by molar-refractivity contribution is -0.121. The van der Waals surface area contributed by atoms with Gasteiger partial charge in [0.15, 0.2) is 0 Å². The van der Waals surface area contributed by atoms with E-state index in [0.29, 0.717) is 19.6 Å². The SMILES string of the molecule is Cc1ccc(C)c(OCCC(=O)NCc2cccs2)c1. The number of aryl methyl sites for hydroxylation is 2. The third-order valence-corrected chi connectivity index (χ3v) is 3.85. The number of carbonyl (C=O) groups excluding carboxylic acids is 1. The second-order valence-electron chi connectivity index (χ2n) is 4.72. The van der Waals surface area contributed by atoms with Gasteiger partial charge in [0.1, 0.15) is 5.75 Å². The van der Waals surface area contributed by atoms with Crippen molar-refractivity contribution in [2.75, 3.05) is 6.61 Å². The Hall–Kier alpha value is -1.81. The summed E-state index contributed by atoms with van der Waals surface area (Å²) in [4.78, 5) is 12.9. The van der Waals surface area contributed by atoms with E-state index in [1.807, 2.05) is 43.5 Å². The van der Waals surface area contributed by atoms with Gasteiger partial charge in [-0.2, -0.15) is 0 Å². The molecule has 1 N–H and O–H groups in total. The van der Waals surface area contributed by atoms with Crippen LogP contribution in [0.4, 0.5) is 0 Å². The van der Waals surface area contributed by atoms with Gasteiger partial charge in [0.05, 0.1) is 19.6 Å². The lowest BCUT2D eigenvalue weighted by atomic mass is 10.1. The topological polar surface area (TPSA) is 38.3 Å². The summed E-state index contributed by atoms with van der Waals surface area (Å²) in [7, 11) is 0.